The van der Waals surface area contributed by atoms with Crippen molar-refractivity contribution >= 4 is 6.08 Å². The molecule has 0 amide bonds. The zero-order valence-corrected chi connectivity index (χ0v) is 20.3. The summed E-state index contributed by atoms with van der Waals surface area (Å²) < 4.78 is 5.48. The molecule has 2 fully saturated rings. The van der Waals surface area contributed by atoms with E-state index < -0.39 is 0 Å². The van der Waals surface area contributed by atoms with Gasteiger partial charge >= 0.3 is 0 Å². The first-order chi connectivity index (χ1) is 16.2. The number of nitrogens with zero attached hydrogens (tertiary/aromatic N) is 2. The highest BCUT2D eigenvalue weighted by molar-refractivity contribution is 5.55. The van der Waals surface area contributed by atoms with Crippen LogP contribution in [-0.2, 0) is 5.54 Å². The van der Waals surface area contributed by atoms with Crippen LogP contribution in [-0.4, -0.2) is 4.57 Å². The van der Waals surface area contributed by atoms with Gasteiger partial charge in [0.1, 0.15) is 5.69 Å². The van der Waals surface area contributed by atoms with E-state index in [1.807, 2.05) is 0 Å². The van der Waals surface area contributed by atoms with Crippen molar-refractivity contribution in [1.29, 1.82) is 0 Å². The molecule has 1 aromatic heterocycles. The Kier molecular flexibility index (Phi) is 5.28. The van der Waals surface area contributed by atoms with Crippen LogP contribution < -0.4 is 4.57 Å². The van der Waals surface area contributed by atoms with Crippen molar-refractivity contribution in [3.63, 3.8) is 0 Å². The van der Waals surface area contributed by atoms with E-state index in [1.165, 1.54) is 86.0 Å². The van der Waals surface area contributed by atoms with Gasteiger partial charge in [-0.2, -0.15) is 4.57 Å². The van der Waals surface area contributed by atoms with Crippen molar-refractivity contribution in [3.05, 3.63) is 89.0 Å². The Labute approximate surface area is 199 Å². The predicted molar refractivity (Wildman–Crippen MR) is 136 cm³/mol. The molecule has 0 spiro atoms. The summed E-state index contributed by atoms with van der Waals surface area (Å²) in [5, 5.41) is 0. The van der Waals surface area contributed by atoms with Crippen LogP contribution in [0.15, 0.2) is 60.7 Å². The fraction of sp³-hybridized carbons (Fsp3) is 0.452. The van der Waals surface area contributed by atoms with E-state index in [1.54, 1.807) is 5.82 Å². The summed E-state index contributed by atoms with van der Waals surface area (Å²) in [7, 11) is 0. The van der Waals surface area contributed by atoms with E-state index in [0.717, 1.165) is 0 Å². The maximum absolute atomic E-state index is 2.83. The predicted octanol–water partition coefficient (Wildman–Crippen LogP) is 7.39. The number of aromatic nitrogens is 2. The van der Waals surface area contributed by atoms with Gasteiger partial charge < -0.3 is 0 Å². The second-order valence-corrected chi connectivity index (χ2v) is 10.6. The lowest BCUT2D eigenvalue weighted by Gasteiger charge is -2.35. The molecule has 2 aliphatic carbocycles. The molecule has 3 aliphatic rings. The maximum atomic E-state index is 2.83. The van der Waals surface area contributed by atoms with Gasteiger partial charge in [-0.15, -0.1) is 0 Å². The highest BCUT2D eigenvalue weighted by Crippen LogP contribution is 2.47. The molecule has 0 N–H and O–H groups in total. The van der Waals surface area contributed by atoms with Gasteiger partial charge in [0.25, 0.3) is 5.82 Å². The third-order valence-electron chi connectivity index (χ3n) is 8.81. The lowest BCUT2D eigenvalue weighted by molar-refractivity contribution is -0.754. The van der Waals surface area contributed by atoms with Gasteiger partial charge in [0.15, 0.2) is 16.9 Å². The summed E-state index contributed by atoms with van der Waals surface area (Å²) in [6, 6.07) is 20.4. The number of rotatable bonds is 4. The number of hydrogen-bond acceptors (Lipinski definition) is 0. The molecule has 0 bridgehead atoms. The molecule has 2 heterocycles. The lowest BCUT2D eigenvalue weighted by atomic mass is 9.76. The molecule has 3 aromatic rings. The van der Waals surface area contributed by atoms with E-state index in [-0.39, 0.29) is 5.54 Å². The number of hydrogen-bond donors (Lipinski definition) is 0. The average molecular weight is 438 g/mol. The second kappa shape index (κ2) is 8.31. The first-order valence-electron chi connectivity index (χ1n) is 13.2. The van der Waals surface area contributed by atoms with Crippen molar-refractivity contribution in [3.8, 4) is 5.69 Å². The topological polar surface area (TPSA) is 8.81 Å². The van der Waals surface area contributed by atoms with Gasteiger partial charge in [-0.3, -0.25) is 0 Å². The van der Waals surface area contributed by atoms with Crippen molar-refractivity contribution in [2.75, 3.05) is 0 Å². The highest BCUT2D eigenvalue weighted by atomic mass is 15.2. The van der Waals surface area contributed by atoms with Crippen LogP contribution in [0, 0.1) is 19.8 Å². The minimum absolute atomic E-state index is 0.0570. The summed E-state index contributed by atoms with van der Waals surface area (Å²) >= 11 is 0. The Balaban J connectivity index is 1.67. The number of para-hydroxylation sites is 1. The smallest absolute Gasteiger partial charge is 0.213 e. The normalized spacial score (nSPS) is 23.3. The van der Waals surface area contributed by atoms with Crippen LogP contribution in [0.2, 0.25) is 0 Å². The van der Waals surface area contributed by atoms with Gasteiger partial charge in [-0.1, -0.05) is 80.6 Å². The Morgan fingerprint density at radius 3 is 2.18 bits per heavy atom. The summed E-state index contributed by atoms with van der Waals surface area (Å²) in [6.07, 6.45) is 17.1. The summed E-state index contributed by atoms with van der Waals surface area (Å²) in [5.74, 6) is 2.84. The van der Waals surface area contributed by atoms with Crippen LogP contribution in [0.25, 0.3) is 11.8 Å². The fourth-order valence-electron chi connectivity index (χ4n) is 7.23. The van der Waals surface area contributed by atoms with Crippen LogP contribution in [0.4, 0.5) is 0 Å². The van der Waals surface area contributed by atoms with Gasteiger partial charge in [0, 0.05) is 18.4 Å². The Morgan fingerprint density at radius 1 is 0.788 bits per heavy atom. The molecule has 1 atom stereocenters. The first kappa shape index (κ1) is 21.0. The molecule has 1 unspecified atom stereocenters. The molecule has 0 saturated heterocycles. The van der Waals surface area contributed by atoms with Crippen LogP contribution >= 0.6 is 0 Å². The van der Waals surface area contributed by atoms with E-state index in [9.17, 15) is 0 Å². The SMILES string of the molecule is Cc1ccccc1-n1c(C)c2[n+](c1C1CCCCC1)C(c1ccccc1)(C1CCCC1)C=C2. The standard InChI is InChI=1S/C31H37N2/c1-23-13-9-12-20-28(23)32-24(2)29-21-22-31(27-18-10-11-19-27,26-16-7-4-8-17-26)33(29)30(32)25-14-5-3-6-15-25/h4,7-9,12-13,16-17,20-22,25,27H,3,5-6,10-11,14-15,18-19H2,1-2H3/q+1. The number of imidazole rings is 1. The molecule has 6 rings (SSSR count). The monoisotopic (exact) mass is 437 g/mol. The first-order valence-corrected chi connectivity index (χ1v) is 13.2. The molecule has 2 saturated carbocycles. The summed E-state index contributed by atoms with van der Waals surface area (Å²) in [6.45, 7) is 4.62. The Morgan fingerprint density at radius 2 is 1.45 bits per heavy atom. The van der Waals surface area contributed by atoms with E-state index in [4.69, 9.17) is 0 Å². The van der Waals surface area contributed by atoms with Gasteiger partial charge in [0.2, 0.25) is 0 Å². The molecule has 2 aromatic carbocycles. The number of fused-ring (bicyclic) bond motifs is 1. The summed E-state index contributed by atoms with van der Waals surface area (Å²) in [4.78, 5) is 0. The van der Waals surface area contributed by atoms with E-state index >= 15 is 0 Å². The summed E-state index contributed by atoms with van der Waals surface area (Å²) in [5.41, 5.74) is 6.96. The van der Waals surface area contributed by atoms with Crippen molar-refractivity contribution in [2.24, 2.45) is 5.92 Å². The zero-order chi connectivity index (χ0) is 22.4. The molecule has 2 nitrogen and oxygen atoms in total. The minimum atomic E-state index is -0.0570. The zero-order valence-electron chi connectivity index (χ0n) is 20.3. The number of allylic oxidation sites excluding steroid dienone is 1. The fourth-order valence-corrected chi connectivity index (χ4v) is 7.23. The van der Waals surface area contributed by atoms with Crippen LogP contribution in [0.1, 0.15) is 92.0 Å². The van der Waals surface area contributed by atoms with E-state index in [2.05, 4.69) is 89.7 Å². The quantitative estimate of drug-likeness (QED) is 0.376. The van der Waals surface area contributed by atoms with E-state index in [0.29, 0.717) is 11.8 Å². The van der Waals surface area contributed by atoms with Crippen LogP contribution in [0.3, 0.4) is 0 Å². The second-order valence-electron chi connectivity index (χ2n) is 10.6. The number of aryl methyl sites for hydroxylation is 1. The molecular weight excluding hydrogens is 400 g/mol. The van der Waals surface area contributed by atoms with Gasteiger partial charge in [-0.05, 0) is 56.4 Å². The molecule has 33 heavy (non-hydrogen) atoms. The van der Waals surface area contributed by atoms with Crippen molar-refractivity contribution < 1.29 is 4.57 Å². The van der Waals surface area contributed by atoms with Gasteiger partial charge in [-0.25, -0.2) is 4.57 Å². The van der Waals surface area contributed by atoms with Crippen molar-refractivity contribution in [2.45, 2.75) is 83.1 Å². The van der Waals surface area contributed by atoms with Gasteiger partial charge in [0.05, 0.1) is 5.92 Å². The molecule has 2 heteroatoms. The molecule has 0 radical (unpaired) electrons. The molecular formula is C31H37N2+. The largest absolute Gasteiger partial charge is 0.266 e. The maximum Gasteiger partial charge on any atom is 0.266 e. The molecule has 170 valence electrons. The third kappa shape index (κ3) is 3.17. The molecule has 1 aliphatic heterocycles. The Hall–Kier alpha value is -2.61. The Bertz CT molecular complexity index is 1170. The third-order valence-corrected chi connectivity index (χ3v) is 8.81. The lowest BCUT2D eigenvalue weighted by Crippen LogP contribution is -2.61. The minimum Gasteiger partial charge on any atom is -0.213 e. The number of benzene rings is 2. The van der Waals surface area contributed by atoms with Crippen LogP contribution in [0.5, 0.6) is 0 Å². The average Bonchev–Trinajstić information content (AvgIpc) is 3.58. The van der Waals surface area contributed by atoms with Crippen molar-refractivity contribution in [1.82, 2.24) is 4.57 Å². The highest BCUT2D eigenvalue weighted by Gasteiger charge is 2.53.